The molecule has 4 atom stereocenters. The topological polar surface area (TPSA) is 78.5 Å². The van der Waals surface area contributed by atoms with E-state index in [1.54, 1.807) is 71.6 Å². The summed E-state index contributed by atoms with van der Waals surface area (Å²) in [6, 6.07) is 27.1. The number of nitrogens with zero attached hydrogens (tertiary/aromatic N) is 1. The molecule has 0 radical (unpaired) electrons. The van der Waals surface area contributed by atoms with Crippen molar-refractivity contribution in [1.29, 1.82) is 0 Å². The summed E-state index contributed by atoms with van der Waals surface area (Å²) in [6.07, 6.45) is 0.451. The van der Waals surface area contributed by atoms with Gasteiger partial charge in [0.2, 0.25) is 0 Å². The van der Waals surface area contributed by atoms with Crippen molar-refractivity contribution in [3.8, 4) is 0 Å². The van der Waals surface area contributed by atoms with E-state index >= 15 is 0 Å². The Hall–Kier alpha value is -3.84. The zero-order valence-electron chi connectivity index (χ0n) is 22.5. The van der Waals surface area contributed by atoms with E-state index in [9.17, 15) is 14.4 Å². The van der Waals surface area contributed by atoms with Crippen LogP contribution in [-0.2, 0) is 10.3 Å². The molecule has 1 saturated heterocycles. The molecule has 2 N–H and O–H groups in total. The fraction of sp³-hybridized carbons (Fsp3) is 0.182. The number of carbonyl (C=O) groups excluding carboxylic acids is 3. The first-order valence-corrected chi connectivity index (χ1v) is 14.7. The molecule has 1 fully saturated rings. The Morgan fingerprint density at radius 2 is 1.50 bits per heavy atom. The van der Waals surface area contributed by atoms with Crippen LogP contribution in [0.1, 0.15) is 40.7 Å². The molecule has 4 aromatic carbocycles. The summed E-state index contributed by atoms with van der Waals surface area (Å²) in [6.45, 7) is 1.94. The van der Waals surface area contributed by atoms with E-state index < -0.39 is 35.4 Å². The minimum absolute atomic E-state index is 0.225. The van der Waals surface area contributed by atoms with Crippen LogP contribution in [-0.4, -0.2) is 28.7 Å². The maximum Gasteiger partial charge on any atom is 0.323 e. The van der Waals surface area contributed by atoms with Crippen molar-refractivity contribution in [2.75, 3.05) is 10.6 Å². The van der Waals surface area contributed by atoms with E-state index in [0.717, 1.165) is 5.56 Å². The zero-order chi connectivity index (χ0) is 29.6. The number of likely N-dealkylation sites (tertiary alicyclic amines) is 1. The molecule has 4 unspecified atom stereocenters. The van der Waals surface area contributed by atoms with E-state index in [0.29, 0.717) is 28.3 Å². The van der Waals surface area contributed by atoms with Crippen molar-refractivity contribution >= 4 is 63.9 Å². The maximum atomic E-state index is 14.7. The van der Waals surface area contributed by atoms with Gasteiger partial charge in [-0.15, -0.1) is 0 Å². The van der Waals surface area contributed by atoms with E-state index in [-0.39, 0.29) is 21.5 Å². The first-order valence-electron chi connectivity index (χ1n) is 13.6. The number of hydrogen-bond acceptors (Lipinski definition) is 3. The summed E-state index contributed by atoms with van der Waals surface area (Å²) in [5.41, 5.74) is 0.899. The van der Waals surface area contributed by atoms with Crippen LogP contribution in [0.5, 0.6) is 0 Å². The lowest BCUT2D eigenvalue weighted by Gasteiger charge is -2.39. The van der Waals surface area contributed by atoms with Gasteiger partial charge in [0.1, 0.15) is 0 Å². The molecule has 0 aromatic heterocycles. The van der Waals surface area contributed by atoms with Crippen molar-refractivity contribution in [3.05, 3.63) is 129 Å². The Morgan fingerprint density at radius 1 is 0.857 bits per heavy atom. The first-order chi connectivity index (χ1) is 20.3. The predicted molar refractivity (Wildman–Crippen MR) is 167 cm³/mol. The minimum Gasteiger partial charge on any atom is -0.323 e. The molecule has 4 aromatic rings. The van der Waals surface area contributed by atoms with Gasteiger partial charge in [0.15, 0.2) is 11.3 Å². The highest BCUT2D eigenvalue weighted by atomic mass is 35.5. The van der Waals surface area contributed by atoms with Crippen molar-refractivity contribution < 1.29 is 14.4 Å². The van der Waals surface area contributed by atoms with Gasteiger partial charge >= 0.3 is 6.03 Å². The van der Waals surface area contributed by atoms with Crippen molar-refractivity contribution in [2.24, 2.45) is 5.92 Å². The number of benzene rings is 4. The molecule has 1 spiro atoms. The number of halogens is 3. The molecule has 6 rings (SSSR count). The van der Waals surface area contributed by atoms with Crippen LogP contribution >= 0.6 is 34.8 Å². The number of ketones is 1. The number of urea groups is 1. The standard InChI is InChI=1S/C33H26Cl3N3O3/c1-2-26-27(19-15-17-21(34)18-16-19)28(30(40)20-9-4-3-5-10-20)33(22-11-6-7-14-25(22)37-31(33)41)39(26)32(42)38-29-23(35)12-8-13-24(29)36/h3-18,26-28H,2H2,1H3,(H,37,41)(H,38,42). The highest BCUT2D eigenvalue weighted by Gasteiger charge is 2.69. The van der Waals surface area contributed by atoms with Crippen LogP contribution in [0.25, 0.3) is 0 Å². The molecule has 9 heteroatoms. The van der Waals surface area contributed by atoms with E-state index in [2.05, 4.69) is 10.6 Å². The van der Waals surface area contributed by atoms with Gasteiger partial charge in [-0.25, -0.2) is 4.79 Å². The van der Waals surface area contributed by atoms with Crippen molar-refractivity contribution in [2.45, 2.75) is 30.8 Å². The number of anilines is 2. The predicted octanol–water partition coefficient (Wildman–Crippen LogP) is 8.40. The van der Waals surface area contributed by atoms with Gasteiger partial charge in [-0.1, -0.05) is 108 Å². The van der Waals surface area contributed by atoms with E-state index in [4.69, 9.17) is 34.8 Å². The van der Waals surface area contributed by atoms with Crippen molar-refractivity contribution in [1.82, 2.24) is 4.90 Å². The number of carbonyl (C=O) groups is 3. The third kappa shape index (κ3) is 4.37. The Bertz CT molecular complexity index is 1680. The number of amides is 3. The van der Waals surface area contributed by atoms with Gasteiger partial charge < -0.3 is 15.5 Å². The van der Waals surface area contributed by atoms with Crippen LogP contribution in [0.15, 0.2) is 97.1 Å². The van der Waals surface area contributed by atoms with Gasteiger partial charge in [-0.05, 0) is 42.3 Å². The molecular weight excluding hydrogens is 593 g/mol. The number of Topliss-reactive ketones (excluding diaryl/α,β-unsaturated/α-hetero) is 1. The fourth-order valence-electron chi connectivity index (χ4n) is 6.63. The van der Waals surface area contributed by atoms with Gasteiger partial charge in [-0.2, -0.15) is 0 Å². The fourth-order valence-corrected chi connectivity index (χ4v) is 7.25. The highest BCUT2D eigenvalue weighted by Crippen LogP contribution is 2.59. The average molecular weight is 619 g/mol. The summed E-state index contributed by atoms with van der Waals surface area (Å²) < 4.78 is 0. The van der Waals surface area contributed by atoms with E-state index in [1.807, 2.05) is 37.3 Å². The normalized spacial score (nSPS) is 22.6. The number of rotatable bonds is 5. The zero-order valence-corrected chi connectivity index (χ0v) is 24.8. The number of para-hydroxylation sites is 2. The molecule has 6 nitrogen and oxygen atoms in total. The summed E-state index contributed by atoms with van der Waals surface area (Å²) in [4.78, 5) is 45.2. The third-order valence-electron chi connectivity index (χ3n) is 8.29. The second-order valence-electron chi connectivity index (χ2n) is 10.4. The molecule has 212 valence electrons. The highest BCUT2D eigenvalue weighted by molar-refractivity contribution is 6.39. The molecule has 2 heterocycles. The van der Waals surface area contributed by atoms with Crippen LogP contribution in [0.2, 0.25) is 15.1 Å². The molecule has 0 saturated carbocycles. The smallest absolute Gasteiger partial charge is 0.323 e. The Kier molecular flexibility index (Phi) is 7.48. The van der Waals surface area contributed by atoms with Crippen LogP contribution in [0.3, 0.4) is 0 Å². The molecule has 2 aliphatic heterocycles. The molecule has 3 amide bonds. The molecule has 42 heavy (non-hydrogen) atoms. The molecular formula is C33H26Cl3N3O3. The molecule has 0 aliphatic carbocycles. The lowest BCUT2D eigenvalue weighted by atomic mass is 9.69. The second-order valence-corrected chi connectivity index (χ2v) is 11.7. The summed E-state index contributed by atoms with van der Waals surface area (Å²) in [5.74, 6) is -2.22. The van der Waals surface area contributed by atoms with Gasteiger partial charge in [0, 0.05) is 33.8 Å². The Labute approximate surface area is 258 Å². The first kappa shape index (κ1) is 28.3. The van der Waals surface area contributed by atoms with Crippen LogP contribution < -0.4 is 10.6 Å². The third-order valence-corrected chi connectivity index (χ3v) is 9.18. The van der Waals surface area contributed by atoms with Gasteiger partial charge in [0.25, 0.3) is 5.91 Å². The van der Waals surface area contributed by atoms with Gasteiger partial charge in [-0.3, -0.25) is 9.59 Å². The van der Waals surface area contributed by atoms with Crippen molar-refractivity contribution in [3.63, 3.8) is 0 Å². The maximum absolute atomic E-state index is 14.7. The SMILES string of the molecule is CCC1C(c2ccc(Cl)cc2)C(C(=O)c2ccccc2)C2(C(=O)Nc3ccccc32)N1C(=O)Nc1c(Cl)cccc1Cl. The number of nitrogens with one attached hydrogen (secondary N) is 2. The minimum atomic E-state index is -1.67. The lowest BCUT2D eigenvalue weighted by molar-refractivity contribution is -0.126. The second kappa shape index (κ2) is 11.1. The van der Waals surface area contributed by atoms with E-state index in [1.165, 1.54) is 0 Å². The monoisotopic (exact) mass is 617 g/mol. The summed E-state index contributed by atoms with van der Waals surface area (Å²) in [5, 5.41) is 6.89. The number of hydrogen-bond donors (Lipinski definition) is 2. The van der Waals surface area contributed by atoms with Crippen LogP contribution in [0, 0.1) is 5.92 Å². The van der Waals surface area contributed by atoms with Gasteiger partial charge in [0.05, 0.1) is 21.7 Å². The molecule has 2 aliphatic rings. The lowest BCUT2D eigenvalue weighted by Crippen LogP contribution is -2.57. The quantitative estimate of drug-likeness (QED) is 0.221. The largest absolute Gasteiger partial charge is 0.323 e. The average Bonchev–Trinajstić information content (AvgIpc) is 3.47. The Morgan fingerprint density at radius 3 is 2.17 bits per heavy atom. The number of fused-ring (bicyclic) bond motifs is 2. The Balaban J connectivity index is 1.63. The van der Waals surface area contributed by atoms with Crippen LogP contribution in [0.4, 0.5) is 16.2 Å². The summed E-state index contributed by atoms with van der Waals surface area (Å²) >= 11 is 19.2. The summed E-state index contributed by atoms with van der Waals surface area (Å²) in [7, 11) is 0. The molecule has 0 bridgehead atoms.